The van der Waals surface area contributed by atoms with Crippen LogP contribution in [0, 0.1) is 0 Å². The summed E-state index contributed by atoms with van der Waals surface area (Å²) in [5.41, 5.74) is 0.951. The van der Waals surface area contributed by atoms with Crippen molar-refractivity contribution in [2.24, 2.45) is 0 Å². The van der Waals surface area contributed by atoms with Gasteiger partial charge in [0.2, 0.25) is 6.29 Å². The summed E-state index contributed by atoms with van der Waals surface area (Å²) in [5, 5.41) is 71.7. The minimum absolute atomic E-state index is 0.430. The Kier molecular flexibility index (Phi) is 8.12. The molecule has 0 aliphatic carbocycles. The highest BCUT2D eigenvalue weighted by Gasteiger charge is 2.51. The highest BCUT2D eigenvalue weighted by Crippen LogP contribution is 2.27. The SMILES string of the molecule is OCC1O[C@@H](O[C@H]2C(CO)OC(O)C([NH2+]Cc3ccccc3)[C@H]2O)C(O)[C@@H](O)[C@H]1O. The molecule has 3 rings (SSSR count). The molecule has 2 fully saturated rings. The van der Waals surface area contributed by atoms with Crippen LogP contribution in [0.25, 0.3) is 0 Å². The summed E-state index contributed by atoms with van der Waals surface area (Å²) in [6.45, 7) is -0.800. The second-order valence-corrected chi connectivity index (χ2v) is 7.54. The zero-order valence-electron chi connectivity index (χ0n) is 16.2. The lowest BCUT2D eigenvalue weighted by Gasteiger charge is -2.45. The van der Waals surface area contributed by atoms with Crippen LogP contribution in [-0.2, 0) is 20.8 Å². The first-order valence-electron chi connectivity index (χ1n) is 9.83. The molecule has 11 nitrogen and oxygen atoms in total. The third-order valence-corrected chi connectivity index (χ3v) is 5.53. The summed E-state index contributed by atoms with van der Waals surface area (Å²) < 4.78 is 16.3. The van der Waals surface area contributed by atoms with Gasteiger partial charge in [0.1, 0.15) is 49.3 Å². The number of aliphatic hydroxyl groups excluding tert-OH is 7. The predicted octanol–water partition coefficient (Wildman–Crippen LogP) is -4.63. The smallest absolute Gasteiger partial charge is 0.211 e. The van der Waals surface area contributed by atoms with E-state index in [0.717, 1.165) is 5.56 Å². The molecule has 0 saturated carbocycles. The van der Waals surface area contributed by atoms with Gasteiger partial charge >= 0.3 is 0 Å². The van der Waals surface area contributed by atoms with E-state index in [-0.39, 0.29) is 0 Å². The van der Waals surface area contributed by atoms with Crippen LogP contribution in [0.2, 0.25) is 0 Å². The number of benzene rings is 1. The molecule has 2 aliphatic heterocycles. The van der Waals surface area contributed by atoms with Gasteiger partial charge in [-0.25, -0.2) is 0 Å². The van der Waals surface area contributed by atoms with Crippen LogP contribution in [0.3, 0.4) is 0 Å². The van der Waals surface area contributed by atoms with Gasteiger partial charge in [0.05, 0.1) is 13.2 Å². The number of quaternary nitrogens is 1. The van der Waals surface area contributed by atoms with Crippen molar-refractivity contribution in [3.8, 4) is 0 Å². The number of ether oxygens (including phenoxy) is 3. The van der Waals surface area contributed by atoms with Crippen molar-refractivity contribution < 1.29 is 55.3 Å². The van der Waals surface area contributed by atoms with E-state index in [9.17, 15) is 35.7 Å². The number of nitrogens with two attached hydrogens (primary N) is 1. The predicted molar refractivity (Wildman–Crippen MR) is 98.5 cm³/mol. The lowest BCUT2D eigenvalue weighted by Crippen LogP contribution is -2.96. The number of rotatable bonds is 7. The Bertz CT molecular complexity index is 649. The first-order valence-corrected chi connectivity index (χ1v) is 9.83. The molecule has 0 bridgehead atoms. The minimum Gasteiger partial charge on any atom is -0.394 e. The Labute approximate surface area is 173 Å². The lowest BCUT2D eigenvalue weighted by atomic mass is 9.95. The molecule has 2 aliphatic rings. The van der Waals surface area contributed by atoms with Crippen LogP contribution < -0.4 is 5.32 Å². The molecule has 9 N–H and O–H groups in total. The van der Waals surface area contributed by atoms with E-state index in [0.29, 0.717) is 6.54 Å². The summed E-state index contributed by atoms with van der Waals surface area (Å²) >= 11 is 0. The van der Waals surface area contributed by atoms with Crippen LogP contribution in [0.15, 0.2) is 30.3 Å². The Morgan fingerprint density at radius 2 is 1.47 bits per heavy atom. The zero-order chi connectivity index (χ0) is 21.8. The minimum atomic E-state index is -1.67. The van der Waals surface area contributed by atoms with E-state index in [4.69, 9.17) is 14.2 Å². The normalized spacial score (nSPS) is 42.2. The van der Waals surface area contributed by atoms with Gasteiger partial charge in [-0.1, -0.05) is 30.3 Å². The van der Waals surface area contributed by atoms with Gasteiger partial charge in [-0.05, 0) is 0 Å². The van der Waals surface area contributed by atoms with Crippen LogP contribution >= 0.6 is 0 Å². The van der Waals surface area contributed by atoms with Gasteiger partial charge in [0.15, 0.2) is 12.3 Å². The molecule has 0 aromatic heterocycles. The molecule has 11 heteroatoms. The Balaban J connectivity index is 1.71. The molecule has 10 atom stereocenters. The molecular formula is C19H30NO10+. The Morgan fingerprint density at radius 3 is 2.10 bits per heavy atom. The van der Waals surface area contributed by atoms with Crippen molar-refractivity contribution in [2.45, 2.75) is 67.9 Å². The second kappa shape index (κ2) is 10.4. The maximum Gasteiger partial charge on any atom is 0.211 e. The van der Waals surface area contributed by atoms with Crippen molar-refractivity contribution in [3.63, 3.8) is 0 Å². The maximum absolute atomic E-state index is 10.8. The Morgan fingerprint density at radius 1 is 0.800 bits per heavy atom. The lowest BCUT2D eigenvalue weighted by molar-refractivity contribution is -0.731. The fourth-order valence-corrected chi connectivity index (χ4v) is 3.75. The molecule has 2 saturated heterocycles. The summed E-state index contributed by atoms with van der Waals surface area (Å²) in [6, 6.07) is 8.49. The zero-order valence-corrected chi connectivity index (χ0v) is 16.2. The summed E-state index contributed by atoms with van der Waals surface area (Å²) in [7, 11) is 0. The van der Waals surface area contributed by atoms with Gasteiger partial charge < -0.3 is 55.3 Å². The topological polar surface area (TPSA) is 186 Å². The van der Waals surface area contributed by atoms with E-state index < -0.39 is 74.6 Å². The average Bonchev–Trinajstić information content (AvgIpc) is 2.76. The largest absolute Gasteiger partial charge is 0.394 e. The summed E-state index contributed by atoms with van der Waals surface area (Å²) in [4.78, 5) is 0. The molecule has 5 unspecified atom stereocenters. The van der Waals surface area contributed by atoms with Crippen molar-refractivity contribution in [1.29, 1.82) is 0 Å². The summed E-state index contributed by atoms with van der Waals surface area (Å²) in [5.74, 6) is 0. The third-order valence-electron chi connectivity index (χ3n) is 5.53. The quantitative estimate of drug-likeness (QED) is 0.208. The molecule has 0 radical (unpaired) electrons. The number of aliphatic hydroxyl groups is 7. The molecule has 30 heavy (non-hydrogen) atoms. The van der Waals surface area contributed by atoms with Crippen LogP contribution in [-0.4, -0.2) is 110 Å². The van der Waals surface area contributed by atoms with E-state index >= 15 is 0 Å². The van der Waals surface area contributed by atoms with Gasteiger partial charge in [0, 0.05) is 5.56 Å². The molecule has 0 amide bonds. The van der Waals surface area contributed by atoms with Crippen LogP contribution in [0.4, 0.5) is 0 Å². The van der Waals surface area contributed by atoms with E-state index in [1.165, 1.54) is 0 Å². The van der Waals surface area contributed by atoms with Crippen molar-refractivity contribution in [3.05, 3.63) is 35.9 Å². The van der Waals surface area contributed by atoms with Gasteiger partial charge in [-0.15, -0.1) is 0 Å². The molecule has 1 aromatic rings. The number of hydrogen-bond acceptors (Lipinski definition) is 10. The van der Waals surface area contributed by atoms with E-state index in [1.807, 2.05) is 30.3 Å². The van der Waals surface area contributed by atoms with E-state index in [1.54, 1.807) is 5.32 Å². The highest BCUT2D eigenvalue weighted by atomic mass is 16.7. The van der Waals surface area contributed by atoms with Gasteiger partial charge in [-0.2, -0.15) is 0 Å². The monoisotopic (exact) mass is 432 g/mol. The molecule has 0 spiro atoms. The standard InChI is InChI=1S/C19H29NO10/c21-7-10-13(23)15(25)16(26)19(29-10)30-17-11(8-22)28-18(27)12(14(17)24)20-6-9-4-2-1-3-5-9/h1-5,10-27H,6-8H2/p+1/t10?,11?,12?,13-,14+,15-,16?,17-,18?,19-/m0/s1. The molecule has 170 valence electrons. The second-order valence-electron chi connectivity index (χ2n) is 7.54. The average molecular weight is 432 g/mol. The van der Waals surface area contributed by atoms with Gasteiger partial charge in [0.25, 0.3) is 0 Å². The van der Waals surface area contributed by atoms with Gasteiger partial charge in [-0.3, -0.25) is 0 Å². The third kappa shape index (κ3) is 4.98. The molecular weight excluding hydrogens is 402 g/mol. The van der Waals surface area contributed by atoms with Crippen molar-refractivity contribution in [2.75, 3.05) is 13.2 Å². The van der Waals surface area contributed by atoms with Crippen molar-refractivity contribution in [1.82, 2.24) is 0 Å². The molecule has 2 heterocycles. The Hall–Kier alpha value is -1.22. The highest BCUT2D eigenvalue weighted by molar-refractivity contribution is 5.13. The first kappa shape index (κ1) is 23.4. The first-order chi connectivity index (χ1) is 14.4. The number of hydrogen-bond donors (Lipinski definition) is 8. The molecule has 1 aromatic carbocycles. The van der Waals surface area contributed by atoms with Crippen LogP contribution in [0.1, 0.15) is 5.56 Å². The van der Waals surface area contributed by atoms with E-state index in [2.05, 4.69) is 0 Å². The maximum atomic E-state index is 10.8. The van der Waals surface area contributed by atoms with Crippen molar-refractivity contribution >= 4 is 0 Å². The fourth-order valence-electron chi connectivity index (χ4n) is 3.75. The summed E-state index contributed by atoms with van der Waals surface area (Å²) in [6.07, 6.45) is -12.7. The fraction of sp³-hybridized carbons (Fsp3) is 0.684. The van der Waals surface area contributed by atoms with Crippen LogP contribution in [0.5, 0.6) is 0 Å².